The highest BCUT2D eigenvalue weighted by atomic mass is 32.1. The third-order valence-corrected chi connectivity index (χ3v) is 4.94. The number of aryl methyl sites for hydroxylation is 1. The Hall–Kier alpha value is -2.99. The molecular formula is C18H14N2O3S. The molecule has 3 rings (SSSR count). The van der Waals surface area contributed by atoms with Crippen LogP contribution in [0.1, 0.15) is 15.2 Å². The van der Waals surface area contributed by atoms with Crippen LogP contribution in [0.3, 0.4) is 0 Å². The molecule has 0 unspecified atom stereocenters. The van der Waals surface area contributed by atoms with E-state index in [0.29, 0.717) is 21.7 Å². The van der Waals surface area contributed by atoms with Gasteiger partial charge in [-0.15, -0.1) is 11.3 Å². The first-order chi connectivity index (χ1) is 11.5. The van der Waals surface area contributed by atoms with Crippen molar-refractivity contribution in [2.24, 2.45) is 0 Å². The number of carbonyl (C=O) groups is 1. The summed E-state index contributed by atoms with van der Waals surface area (Å²) in [5.41, 5.74) is 10.2. The average Bonchev–Trinajstić information content (AvgIpc) is 2.92. The molecule has 0 atom stereocenters. The standard InChI is InChI=1S/C18H14N2O3S/c1-11-2-4-13(5-3-11)18-17(19)16(15(10-21)24-18)12-6-8-14(9-7-12)20(22)23/h2-10H,19H2,1H3. The van der Waals surface area contributed by atoms with E-state index in [1.165, 1.54) is 23.5 Å². The number of nitrogens with two attached hydrogens (primary N) is 1. The Kier molecular flexibility index (Phi) is 4.14. The van der Waals surface area contributed by atoms with Crippen molar-refractivity contribution in [3.8, 4) is 21.6 Å². The van der Waals surface area contributed by atoms with Crippen LogP contribution in [0.2, 0.25) is 0 Å². The topological polar surface area (TPSA) is 86.2 Å². The second-order valence-electron chi connectivity index (χ2n) is 5.37. The molecule has 0 aliphatic heterocycles. The number of hydrogen-bond acceptors (Lipinski definition) is 5. The van der Waals surface area contributed by atoms with E-state index >= 15 is 0 Å². The minimum atomic E-state index is -0.459. The molecule has 120 valence electrons. The fourth-order valence-corrected chi connectivity index (χ4v) is 3.58. The average molecular weight is 338 g/mol. The van der Waals surface area contributed by atoms with Crippen molar-refractivity contribution in [3.05, 3.63) is 69.1 Å². The van der Waals surface area contributed by atoms with Gasteiger partial charge in [-0.2, -0.15) is 0 Å². The van der Waals surface area contributed by atoms with E-state index < -0.39 is 4.92 Å². The van der Waals surface area contributed by atoms with Gasteiger partial charge in [0.05, 0.1) is 20.4 Å². The number of nitrogens with zero attached hydrogens (tertiary/aromatic N) is 1. The van der Waals surface area contributed by atoms with E-state index in [-0.39, 0.29) is 5.69 Å². The zero-order valence-electron chi connectivity index (χ0n) is 12.9. The maximum atomic E-state index is 11.5. The molecule has 0 aliphatic carbocycles. The minimum Gasteiger partial charge on any atom is -0.397 e. The molecule has 1 aromatic heterocycles. The van der Waals surface area contributed by atoms with E-state index in [1.54, 1.807) is 12.1 Å². The molecular weight excluding hydrogens is 324 g/mol. The highest BCUT2D eigenvalue weighted by Gasteiger charge is 2.19. The first kappa shape index (κ1) is 15.9. The van der Waals surface area contributed by atoms with Gasteiger partial charge in [0.1, 0.15) is 0 Å². The predicted molar refractivity (Wildman–Crippen MR) is 96.4 cm³/mol. The van der Waals surface area contributed by atoms with Gasteiger partial charge < -0.3 is 5.73 Å². The number of nitro groups is 1. The van der Waals surface area contributed by atoms with Crippen LogP contribution in [0, 0.1) is 17.0 Å². The van der Waals surface area contributed by atoms with Gasteiger partial charge >= 0.3 is 0 Å². The third-order valence-electron chi connectivity index (χ3n) is 3.76. The van der Waals surface area contributed by atoms with Crippen LogP contribution in [0.25, 0.3) is 21.6 Å². The Morgan fingerprint density at radius 3 is 2.17 bits per heavy atom. The summed E-state index contributed by atoms with van der Waals surface area (Å²) < 4.78 is 0. The van der Waals surface area contributed by atoms with Crippen LogP contribution < -0.4 is 5.73 Å². The van der Waals surface area contributed by atoms with Gasteiger partial charge in [0, 0.05) is 17.7 Å². The molecule has 1 heterocycles. The quantitative estimate of drug-likeness (QED) is 0.424. The highest BCUT2D eigenvalue weighted by Crippen LogP contribution is 2.44. The zero-order chi connectivity index (χ0) is 17.3. The fraction of sp³-hybridized carbons (Fsp3) is 0.0556. The first-order valence-corrected chi connectivity index (χ1v) is 8.02. The molecule has 6 heteroatoms. The lowest BCUT2D eigenvalue weighted by Gasteiger charge is -2.04. The fourth-order valence-electron chi connectivity index (χ4n) is 2.51. The molecule has 0 radical (unpaired) electrons. The number of non-ortho nitro benzene ring substituents is 1. The number of benzene rings is 2. The molecule has 0 fully saturated rings. The van der Waals surface area contributed by atoms with Gasteiger partial charge in [0.25, 0.3) is 5.69 Å². The first-order valence-electron chi connectivity index (χ1n) is 7.20. The number of hydrogen-bond donors (Lipinski definition) is 1. The molecule has 0 spiro atoms. The smallest absolute Gasteiger partial charge is 0.269 e. The van der Waals surface area contributed by atoms with E-state index in [0.717, 1.165) is 22.3 Å². The lowest BCUT2D eigenvalue weighted by Crippen LogP contribution is -1.92. The molecule has 0 aliphatic rings. The molecule has 0 saturated carbocycles. The van der Waals surface area contributed by atoms with Crippen molar-refractivity contribution in [1.29, 1.82) is 0 Å². The lowest BCUT2D eigenvalue weighted by atomic mass is 10.0. The Balaban J connectivity index is 2.12. The SMILES string of the molecule is Cc1ccc(-c2sc(C=O)c(-c3ccc([N+](=O)[O-])cc3)c2N)cc1. The summed E-state index contributed by atoms with van der Waals surface area (Å²) in [5.74, 6) is 0. The number of thiophene rings is 1. The summed E-state index contributed by atoms with van der Waals surface area (Å²) in [5, 5.41) is 10.8. The maximum Gasteiger partial charge on any atom is 0.269 e. The van der Waals surface area contributed by atoms with E-state index in [1.807, 2.05) is 31.2 Å². The van der Waals surface area contributed by atoms with Crippen molar-refractivity contribution in [3.63, 3.8) is 0 Å². The van der Waals surface area contributed by atoms with Crippen LogP contribution in [0.15, 0.2) is 48.5 Å². The molecule has 0 saturated heterocycles. The van der Waals surface area contributed by atoms with Gasteiger partial charge in [0.15, 0.2) is 6.29 Å². The number of carbonyl (C=O) groups excluding carboxylic acids is 1. The molecule has 3 aromatic rings. The van der Waals surface area contributed by atoms with Crippen molar-refractivity contribution >= 4 is 29.0 Å². The van der Waals surface area contributed by atoms with Gasteiger partial charge in [-0.25, -0.2) is 0 Å². The Bertz CT molecular complexity index is 913. The number of rotatable bonds is 4. The van der Waals surface area contributed by atoms with Gasteiger partial charge in [-0.1, -0.05) is 29.8 Å². The molecule has 2 aromatic carbocycles. The second-order valence-corrected chi connectivity index (χ2v) is 6.42. The molecule has 2 N–H and O–H groups in total. The molecule has 0 amide bonds. The van der Waals surface area contributed by atoms with Crippen LogP contribution in [0.5, 0.6) is 0 Å². The highest BCUT2D eigenvalue weighted by molar-refractivity contribution is 7.18. The summed E-state index contributed by atoms with van der Waals surface area (Å²) in [7, 11) is 0. The molecule has 0 bridgehead atoms. The number of nitrogen functional groups attached to an aromatic ring is 1. The molecule has 5 nitrogen and oxygen atoms in total. The van der Waals surface area contributed by atoms with E-state index in [9.17, 15) is 14.9 Å². The number of anilines is 1. The van der Waals surface area contributed by atoms with Crippen LogP contribution in [-0.2, 0) is 0 Å². The molecule has 24 heavy (non-hydrogen) atoms. The monoisotopic (exact) mass is 338 g/mol. The summed E-state index contributed by atoms with van der Waals surface area (Å²) in [6.07, 6.45) is 0.773. The predicted octanol–water partition coefficient (Wildman–Crippen LogP) is 4.69. The van der Waals surface area contributed by atoms with E-state index in [2.05, 4.69) is 0 Å². The van der Waals surface area contributed by atoms with Crippen molar-refractivity contribution in [2.75, 3.05) is 5.73 Å². The van der Waals surface area contributed by atoms with Crippen LogP contribution >= 0.6 is 11.3 Å². The lowest BCUT2D eigenvalue weighted by molar-refractivity contribution is -0.384. The summed E-state index contributed by atoms with van der Waals surface area (Å²) in [6, 6.07) is 13.9. The van der Waals surface area contributed by atoms with Crippen molar-refractivity contribution < 1.29 is 9.72 Å². The van der Waals surface area contributed by atoms with Crippen LogP contribution in [0.4, 0.5) is 11.4 Å². The summed E-state index contributed by atoms with van der Waals surface area (Å²) in [6.45, 7) is 2.00. The van der Waals surface area contributed by atoms with Gasteiger partial charge in [-0.3, -0.25) is 14.9 Å². The Labute approximate surface area is 142 Å². The second kappa shape index (κ2) is 6.25. The summed E-state index contributed by atoms with van der Waals surface area (Å²) >= 11 is 1.32. The van der Waals surface area contributed by atoms with Gasteiger partial charge in [0.2, 0.25) is 0 Å². The number of aldehydes is 1. The minimum absolute atomic E-state index is 0.000961. The maximum absolute atomic E-state index is 11.5. The largest absolute Gasteiger partial charge is 0.397 e. The van der Waals surface area contributed by atoms with Crippen LogP contribution in [-0.4, -0.2) is 11.2 Å². The normalized spacial score (nSPS) is 10.5. The Morgan fingerprint density at radius 2 is 1.62 bits per heavy atom. The summed E-state index contributed by atoms with van der Waals surface area (Å²) in [4.78, 5) is 23.1. The Morgan fingerprint density at radius 1 is 1.04 bits per heavy atom. The third kappa shape index (κ3) is 2.79. The van der Waals surface area contributed by atoms with Crippen molar-refractivity contribution in [2.45, 2.75) is 6.92 Å². The van der Waals surface area contributed by atoms with Crippen molar-refractivity contribution in [1.82, 2.24) is 0 Å². The number of nitro benzene ring substituents is 1. The van der Waals surface area contributed by atoms with Gasteiger partial charge in [-0.05, 0) is 30.2 Å². The van der Waals surface area contributed by atoms with E-state index in [4.69, 9.17) is 5.73 Å². The zero-order valence-corrected chi connectivity index (χ0v) is 13.7.